The van der Waals surface area contributed by atoms with Crippen LogP contribution in [0.25, 0.3) is 0 Å². The first kappa shape index (κ1) is 21.5. The lowest BCUT2D eigenvalue weighted by molar-refractivity contribution is -0.223. The van der Waals surface area contributed by atoms with Crippen LogP contribution in [0.4, 0.5) is 0 Å². The molecule has 4 N–H and O–H groups in total. The molecule has 0 spiro atoms. The fourth-order valence-corrected chi connectivity index (χ4v) is 3.47. The highest BCUT2D eigenvalue weighted by Gasteiger charge is 2.80. The molecular formula is C14H18O10S. The standard InChI is InChI=1S/C14H18O10S/c1-5(15)9(19)10(20)12(22,6(2)16)14(23,8(4)18)13(7(3)17)11(21)25-24-13/h5,9,15,19,22-23H,1-4H3/t5?,9?,12-,13+,14+/m1/s1. The SMILES string of the molecule is CC(=O)[C@@](O)(C(=O)C(O)C(C)O)[C@@](O)(C(C)=O)[C@@]1(C(C)=O)OSC1=O. The lowest BCUT2D eigenvalue weighted by atomic mass is 9.63. The number of aliphatic hydroxyl groups is 4. The summed E-state index contributed by atoms with van der Waals surface area (Å²) < 4.78 is 4.74. The maximum Gasteiger partial charge on any atom is 0.260 e. The highest BCUT2D eigenvalue weighted by Crippen LogP contribution is 2.50. The van der Waals surface area contributed by atoms with Gasteiger partial charge in [0.2, 0.25) is 17.0 Å². The van der Waals surface area contributed by atoms with E-state index in [1.54, 1.807) is 0 Å². The maximum atomic E-state index is 12.4. The third-order valence-electron chi connectivity index (χ3n) is 4.16. The second-order valence-electron chi connectivity index (χ2n) is 5.77. The van der Waals surface area contributed by atoms with Crippen LogP contribution >= 0.6 is 12.0 Å². The molecule has 0 aromatic carbocycles. The first-order chi connectivity index (χ1) is 11.2. The van der Waals surface area contributed by atoms with E-state index in [0.717, 1.165) is 13.8 Å². The summed E-state index contributed by atoms with van der Waals surface area (Å²) in [5.74, 6) is -6.14. The molecule has 140 valence electrons. The van der Waals surface area contributed by atoms with Crippen molar-refractivity contribution in [2.24, 2.45) is 0 Å². The van der Waals surface area contributed by atoms with Gasteiger partial charge in [0.1, 0.15) is 6.10 Å². The van der Waals surface area contributed by atoms with Crippen molar-refractivity contribution in [1.29, 1.82) is 0 Å². The Bertz CT molecular complexity index is 648. The van der Waals surface area contributed by atoms with Crippen LogP contribution in [0.1, 0.15) is 27.7 Å². The van der Waals surface area contributed by atoms with Crippen LogP contribution in [-0.4, -0.2) is 77.7 Å². The Kier molecular flexibility index (Phi) is 5.74. The van der Waals surface area contributed by atoms with Gasteiger partial charge in [0.25, 0.3) is 10.7 Å². The Morgan fingerprint density at radius 1 is 1.08 bits per heavy atom. The van der Waals surface area contributed by atoms with Crippen molar-refractivity contribution >= 4 is 40.3 Å². The molecular weight excluding hydrogens is 360 g/mol. The van der Waals surface area contributed by atoms with Crippen molar-refractivity contribution in [3.05, 3.63) is 0 Å². The molecule has 1 aliphatic rings. The molecule has 10 nitrogen and oxygen atoms in total. The fourth-order valence-electron chi connectivity index (χ4n) is 2.62. The van der Waals surface area contributed by atoms with Gasteiger partial charge in [-0.2, -0.15) is 0 Å². The Morgan fingerprint density at radius 2 is 1.56 bits per heavy atom. The van der Waals surface area contributed by atoms with E-state index in [4.69, 9.17) is 4.18 Å². The molecule has 1 rings (SSSR count). The second kappa shape index (κ2) is 6.67. The van der Waals surface area contributed by atoms with Gasteiger partial charge in [0.15, 0.2) is 17.3 Å². The molecule has 0 aromatic rings. The summed E-state index contributed by atoms with van der Waals surface area (Å²) in [6, 6.07) is 0. The molecule has 0 aliphatic carbocycles. The van der Waals surface area contributed by atoms with Gasteiger partial charge in [0.05, 0.1) is 18.1 Å². The van der Waals surface area contributed by atoms with Crippen molar-refractivity contribution in [2.45, 2.75) is 56.7 Å². The molecule has 0 bridgehead atoms. The molecule has 1 saturated heterocycles. The fraction of sp³-hybridized carbons (Fsp3) is 0.643. The Hall–Kier alpha value is -1.50. The summed E-state index contributed by atoms with van der Waals surface area (Å²) in [5, 5.41) is 39.4. The van der Waals surface area contributed by atoms with Crippen LogP contribution in [0.2, 0.25) is 0 Å². The first-order valence-electron chi connectivity index (χ1n) is 7.01. The van der Waals surface area contributed by atoms with E-state index in [0.29, 0.717) is 13.8 Å². The van der Waals surface area contributed by atoms with Gasteiger partial charge in [-0.1, -0.05) is 0 Å². The van der Waals surface area contributed by atoms with Gasteiger partial charge in [0, 0.05) is 0 Å². The predicted octanol–water partition coefficient (Wildman–Crippen LogP) is -2.53. The number of carbonyl (C=O) groups is 5. The van der Waals surface area contributed by atoms with E-state index >= 15 is 0 Å². The van der Waals surface area contributed by atoms with Crippen molar-refractivity contribution in [3.63, 3.8) is 0 Å². The lowest BCUT2D eigenvalue weighted by Gasteiger charge is -2.51. The highest BCUT2D eigenvalue weighted by molar-refractivity contribution is 8.11. The monoisotopic (exact) mass is 378 g/mol. The Morgan fingerprint density at radius 3 is 1.76 bits per heavy atom. The van der Waals surface area contributed by atoms with E-state index in [2.05, 4.69) is 0 Å². The van der Waals surface area contributed by atoms with E-state index in [-0.39, 0.29) is 12.0 Å². The average Bonchev–Trinajstić information content (AvgIpc) is 2.49. The molecule has 0 amide bonds. The van der Waals surface area contributed by atoms with Crippen molar-refractivity contribution in [2.75, 3.05) is 0 Å². The third kappa shape index (κ3) is 2.58. The molecule has 1 aliphatic heterocycles. The quantitative estimate of drug-likeness (QED) is 0.259. The van der Waals surface area contributed by atoms with Gasteiger partial charge in [-0.3, -0.25) is 28.2 Å². The van der Waals surface area contributed by atoms with Crippen LogP contribution in [0.3, 0.4) is 0 Å². The smallest absolute Gasteiger partial charge is 0.260 e. The highest BCUT2D eigenvalue weighted by atomic mass is 32.2. The van der Waals surface area contributed by atoms with E-state index in [9.17, 15) is 44.4 Å². The van der Waals surface area contributed by atoms with Crippen LogP contribution in [-0.2, 0) is 28.2 Å². The molecule has 1 fully saturated rings. The van der Waals surface area contributed by atoms with Gasteiger partial charge in [-0.05, 0) is 27.7 Å². The second-order valence-corrected chi connectivity index (χ2v) is 6.48. The molecule has 1 heterocycles. The maximum absolute atomic E-state index is 12.4. The minimum atomic E-state index is -3.72. The van der Waals surface area contributed by atoms with Crippen molar-refractivity contribution in [3.8, 4) is 0 Å². The molecule has 2 unspecified atom stereocenters. The molecule has 5 atom stereocenters. The minimum absolute atomic E-state index is 0.0764. The number of Topliss-reactive ketones (excluding diaryl/α,β-unsaturated/α-hetero) is 4. The van der Waals surface area contributed by atoms with Crippen molar-refractivity contribution < 1.29 is 48.6 Å². The van der Waals surface area contributed by atoms with E-state index in [1.165, 1.54) is 0 Å². The Balaban J connectivity index is 3.81. The number of carbonyl (C=O) groups excluding carboxylic acids is 5. The molecule has 0 radical (unpaired) electrons. The number of hydrogen-bond donors (Lipinski definition) is 4. The zero-order chi connectivity index (χ0) is 20.0. The number of rotatable bonds is 8. The van der Waals surface area contributed by atoms with Gasteiger partial charge < -0.3 is 20.4 Å². The number of aliphatic hydroxyl groups excluding tert-OH is 2. The largest absolute Gasteiger partial charge is 0.390 e. The zero-order valence-electron chi connectivity index (χ0n) is 13.8. The van der Waals surface area contributed by atoms with Crippen LogP contribution < -0.4 is 0 Å². The average molecular weight is 378 g/mol. The van der Waals surface area contributed by atoms with Crippen molar-refractivity contribution in [1.82, 2.24) is 0 Å². The minimum Gasteiger partial charge on any atom is -0.390 e. The van der Waals surface area contributed by atoms with E-state index in [1.807, 2.05) is 0 Å². The first-order valence-corrected chi connectivity index (χ1v) is 7.75. The molecule has 11 heteroatoms. The lowest BCUT2D eigenvalue weighted by Crippen LogP contribution is -2.83. The summed E-state index contributed by atoms with van der Waals surface area (Å²) in [5.41, 5.74) is -10.4. The molecule has 0 aromatic heterocycles. The van der Waals surface area contributed by atoms with E-state index < -0.39 is 57.3 Å². The van der Waals surface area contributed by atoms with Crippen LogP contribution in [0.5, 0.6) is 0 Å². The number of ketones is 4. The molecule has 25 heavy (non-hydrogen) atoms. The predicted molar refractivity (Wildman–Crippen MR) is 81.1 cm³/mol. The van der Waals surface area contributed by atoms with Crippen LogP contribution in [0, 0.1) is 0 Å². The third-order valence-corrected chi connectivity index (χ3v) is 4.93. The summed E-state index contributed by atoms with van der Waals surface area (Å²) >= 11 is 0.0764. The zero-order valence-corrected chi connectivity index (χ0v) is 14.6. The van der Waals surface area contributed by atoms with Gasteiger partial charge in [-0.15, -0.1) is 0 Å². The summed E-state index contributed by atoms with van der Waals surface area (Å²) in [4.78, 5) is 60.6. The normalized spacial score (nSPS) is 27.3. The summed E-state index contributed by atoms with van der Waals surface area (Å²) in [7, 11) is 0. The Labute approximate surface area is 146 Å². The molecule has 0 saturated carbocycles. The summed E-state index contributed by atoms with van der Waals surface area (Å²) in [6.45, 7) is 2.92. The van der Waals surface area contributed by atoms with Gasteiger partial charge in [-0.25, -0.2) is 0 Å². The van der Waals surface area contributed by atoms with Gasteiger partial charge >= 0.3 is 0 Å². The van der Waals surface area contributed by atoms with Crippen LogP contribution in [0.15, 0.2) is 0 Å². The topological polar surface area (TPSA) is 175 Å². The summed E-state index contributed by atoms with van der Waals surface area (Å²) in [6.07, 6.45) is -4.19. The number of hydrogen-bond acceptors (Lipinski definition) is 11.